The van der Waals surface area contributed by atoms with Crippen LogP contribution in [0.2, 0.25) is 0 Å². The van der Waals surface area contributed by atoms with Crippen molar-refractivity contribution in [1.82, 2.24) is 15.2 Å². The minimum absolute atomic E-state index is 0.0437. The number of carbonyl (C=O) groups excluding carboxylic acids is 3. The molecule has 0 unspecified atom stereocenters. The maximum Gasteiger partial charge on any atom is 0.573 e. The largest absolute Gasteiger partial charge is 0.711 e. The van der Waals surface area contributed by atoms with Crippen molar-refractivity contribution >= 4 is 17.8 Å². The first-order valence-electron chi connectivity index (χ1n) is 9.36. The van der Waals surface area contributed by atoms with E-state index < -0.39 is 41.8 Å². The Morgan fingerprint density at radius 1 is 1.16 bits per heavy atom. The Balaban J connectivity index is 2.18. The molecule has 172 valence electrons. The van der Waals surface area contributed by atoms with Crippen LogP contribution in [0.1, 0.15) is 28.7 Å². The van der Waals surface area contributed by atoms with Crippen molar-refractivity contribution in [2.75, 3.05) is 6.61 Å². The molecule has 3 N–H and O–H groups in total. The first-order valence-corrected chi connectivity index (χ1v) is 9.36. The zero-order valence-corrected chi connectivity index (χ0v) is 16.9. The predicted octanol–water partition coefficient (Wildman–Crippen LogP) is 0.743. The first-order chi connectivity index (χ1) is 14.9. The van der Waals surface area contributed by atoms with Gasteiger partial charge in [-0.25, -0.2) is 14.1 Å². The number of aliphatic hydroxyl groups is 1. The van der Waals surface area contributed by atoms with Crippen LogP contribution in [-0.4, -0.2) is 40.5 Å². The highest BCUT2D eigenvalue weighted by Gasteiger charge is 2.47. The van der Waals surface area contributed by atoms with E-state index in [1.165, 1.54) is 23.6 Å². The van der Waals surface area contributed by atoms with Gasteiger partial charge in [-0.2, -0.15) is 0 Å². The van der Waals surface area contributed by atoms with Gasteiger partial charge in [-0.3, -0.25) is 20.2 Å². The number of benzene rings is 1. The lowest BCUT2D eigenvalue weighted by atomic mass is 9.83. The summed E-state index contributed by atoms with van der Waals surface area (Å²) in [5.74, 6) is -5.48. The molecule has 0 spiro atoms. The van der Waals surface area contributed by atoms with Gasteiger partial charge in [-0.15, -0.1) is 13.2 Å². The minimum atomic E-state index is -4.92. The normalized spacial score (nSPS) is 16.0. The van der Waals surface area contributed by atoms with Gasteiger partial charge in [-0.1, -0.05) is 12.1 Å². The van der Waals surface area contributed by atoms with Crippen LogP contribution in [0, 0.1) is 25.0 Å². The van der Waals surface area contributed by atoms with Crippen molar-refractivity contribution in [2.45, 2.75) is 32.7 Å². The van der Waals surface area contributed by atoms with Gasteiger partial charge >= 0.3 is 12.4 Å². The fraction of sp³-hybridized carbons (Fsp3) is 0.368. The summed E-state index contributed by atoms with van der Waals surface area (Å²) in [6.07, 6.45) is -4.92. The third kappa shape index (κ3) is 4.37. The predicted molar refractivity (Wildman–Crippen MR) is 100 cm³/mol. The van der Waals surface area contributed by atoms with E-state index in [4.69, 9.17) is 0 Å². The van der Waals surface area contributed by atoms with E-state index in [2.05, 4.69) is 4.74 Å². The molecule has 1 aromatic carbocycles. The van der Waals surface area contributed by atoms with Gasteiger partial charge in [0.1, 0.15) is 35.5 Å². The summed E-state index contributed by atoms with van der Waals surface area (Å²) < 4.78 is 43.3. The number of imide groups is 2. The number of rotatable bonds is 6. The third-order valence-electron chi connectivity index (χ3n) is 5.16. The fourth-order valence-electron chi connectivity index (χ4n) is 3.67. The van der Waals surface area contributed by atoms with Crippen LogP contribution in [0.15, 0.2) is 24.3 Å². The molecule has 13 heteroatoms. The average Bonchev–Trinajstić information content (AvgIpc) is 2.88. The number of halogens is 3. The molecule has 3 rings (SSSR count). The summed E-state index contributed by atoms with van der Waals surface area (Å²) in [7, 11) is 0. The molecule has 1 aromatic heterocycles. The van der Waals surface area contributed by atoms with Gasteiger partial charge < -0.3 is 15.1 Å². The van der Waals surface area contributed by atoms with E-state index in [-0.39, 0.29) is 30.2 Å². The van der Waals surface area contributed by atoms with Crippen LogP contribution < -0.4 is 20.1 Å². The molecule has 0 aliphatic carbocycles. The van der Waals surface area contributed by atoms with Crippen molar-refractivity contribution in [3.63, 3.8) is 0 Å². The second-order valence-corrected chi connectivity index (χ2v) is 7.08. The van der Waals surface area contributed by atoms with Gasteiger partial charge in [0.15, 0.2) is 0 Å². The van der Waals surface area contributed by atoms with E-state index in [0.717, 1.165) is 12.1 Å². The van der Waals surface area contributed by atoms with E-state index in [1.807, 2.05) is 10.6 Å². The summed E-state index contributed by atoms with van der Waals surface area (Å²) in [6, 6.07) is 3.30. The van der Waals surface area contributed by atoms with Crippen molar-refractivity contribution < 1.29 is 42.1 Å². The zero-order chi connectivity index (χ0) is 23.8. The monoisotopic (exact) mass is 456 g/mol. The molecule has 1 saturated heterocycles. The third-order valence-corrected chi connectivity index (χ3v) is 5.16. The highest BCUT2D eigenvalue weighted by atomic mass is 19.4. The molecular formula is C19H19F3N4O6. The molecule has 1 atom stereocenters. The maximum absolute atomic E-state index is 13.0. The van der Waals surface area contributed by atoms with Crippen molar-refractivity contribution in [3.8, 4) is 5.75 Å². The molecule has 10 nitrogen and oxygen atoms in total. The number of hydrogen-bond donors (Lipinski definition) is 3. The van der Waals surface area contributed by atoms with Crippen LogP contribution in [0.25, 0.3) is 0 Å². The van der Waals surface area contributed by atoms with Crippen LogP contribution in [-0.2, 0) is 16.1 Å². The van der Waals surface area contributed by atoms with E-state index in [1.54, 1.807) is 6.92 Å². The van der Waals surface area contributed by atoms with Crippen molar-refractivity contribution in [2.24, 2.45) is 5.92 Å². The Morgan fingerprint density at radius 2 is 1.72 bits per heavy atom. The lowest BCUT2D eigenvalue weighted by molar-refractivity contribution is -0.621. The average molecular weight is 456 g/mol. The smallest absolute Gasteiger partial charge is 0.573 e. The molecule has 0 bridgehead atoms. The van der Waals surface area contributed by atoms with Crippen molar-refractivity contribution in [1.29, 1.82) is 0 Å². The standard InChI is InChI=1S/C19H19F3N4O6/c1-9-10(2)26(31)17(25(9)7-8-27)13(14-15(28)23-18(30)24-16(14)29)11-3-5-12(6-4-11)32-19(20,21)22/h3-6,13-14,27H,7-8H2,1-2H3,(H2,23,24,28,29,30)/t13-/m1/s1. The number of imidazole rings is 1. The lowest BCUT2D eigenvalue weighted by Crippen LogP contribution is -2.58. The number of urea groups is 1. The number of ether oxygens (including phenoxy) is 1. The number of aromatic nitrogens is 2. The van der Waals surface area contributed by atoms with Crippen LogP contribution in [0.4, 0.5) is 18.0 Å². The quantitative estimate of drug-likeness (QED) is 0.333. The summed E-state index contributed by atoms with van der Waals surface area (Å²) in [5.41, 5.74) is 0.840. The molecular weight excluding hydrogens is 437 g/mol. The van der Waals surface area contributed by atoms with Gasteiger partial charge in [-0.05, 0) is 17.7 Å². The number of barbiturate groups is 1. The molecule has 4 amide bonds. The number of nitrogens with one attached hydrogen (secondary N) is 2. The lowest BCUT2D eigenvalue weighted by Gasteiger charge is -2.28. The Bertz CT molecular complexity index is 1040. The van der Waals surface area contributed by atoms with E-state index in [0.29, 0.717) is 10.4 Å². The maximum atomic E-state index is 13.0. The topological polar surface area (TPSA) is 137 Å². The van der Waals surface area contributed by atoms with Gasteiger partial charge in [0.05, 0.1) is 6.61 Å². The Labute approximate surface area is 179 Å². The second kappa shape index (κ2) is 8.49. The summed E-state index contributed by atoms with van der Waals surface area (Å²) in [6.45, 7) is 2.69. The molecule has 1 fully saturated rings. The van der Waals surface area contributed by atoms with Crippen LogP contribution in [0.3, 0.4) is 0 Å². The van der Waals surface area contributed by atoms with Gasteiger partial charge in [0.25, 0.3) is 5.82 Å². The summed E-state index contributed by atoms with van der Waals surface area (Å²) >= 11 is 0. The number of hydrogen-bond acceptors (Lipinski definition) is 6. The molecule has 2 heterocycles. The molecule has 0 radical (unpaired) electrons. The highest BCUT2D eigenvalue weighted by Crippen LogP contribution is 2.35. The molecule has 32 heavy (non-hydrogen) atoms. The Kier molecular flexibility index (Phi) is 6.12. The fourth-order valence-corrected chi connectivity index (χ4v) is 3.67. The Morgan fingerprint density at radius 3 is 2.22 bits per heavy atom. The summed E-state index contributed by atoms with van der Waals surface area (Å²) in [5, 5.41) is 26.4. The van der Waals surface area contributed by atoms with Crippen LogP contribution >= 0.6 is 0 Å². The van der Waals surface area contributed by atoms with Gasteiger partial charge in [0, 0.05) is 13.8 Å². The number of nitrogens with zero attached hydrogens (tertiary/aromatic N) is 2. The Hall–Kier alpha value is -3.61. The van der Waals surface area contributed by atoms with Crippen molar-refractivity contribution in [3.05, 3.63) is 52.2 Å². The summed E-state index contributed by atoms with van der Waals surface area (Å²) in [4.78, 5) is 36.7. The zero-order valence-electron chi connectivity index (χ0n) is 16.9. The molecule has 2 aromatic rings. The SMILES string of the molecule is Cc1c(C)[n+]([O-])c([C@H](c2ccc(OC(F)(F)F)cc2)C2C(=O)NC(=O)NC2=O)n1CCO. The number of amides is 4. The number of alkyl halides is 3. The first kappa shape index (κ1) is 23.1. The minimum Gasteiger partial charge on any atom is -0.711 e. The highest BCUT2D eigenvalue weighted by molar-refractivity contribution is 6.16. The van der Waals surface area contributed by atoms with Crippen LogP contribution in [0.5, 0.6) is 5.75 Å². The number of aliphatic hydroxyl groups excluding tert-OH is 1. The van der Waals surface area contributed by atoms with E-state index in [9.17, 15) is 37.9 Å². The second-order valence-electron chi connectivity index (χ2n) is 7.08. The molecule has 1 aliphatic rings. The van der Waals surface area contributed by atoms with Gasteiger partial charge in [0.2, 0.25) is 11.8 Å². The molecule has 0 saturated carbocycles. The van der Waals surface area contributed by atoms with E-state index >= 15 is 0 Å². The number of carbonyl (C=O) groups is 3. The molecule has 1 aliphatic heterocycles.